The largest absolute Gasteiger partial charge is 0.481 e. The Balaban J connectivity index is 5.72. The van der Waals surface area contributed by atoms with Crippen LogP contribution in [0.25, 0.3) is 0 Å². The molecule has 3 amide bonds. The summed E-state index contributed by atoms with van der Waals surface area (Å²) in [7, 11) is 0. The summed E-state index contributed by atoms with van der Waals surface area (Å²) >= 11 is 0. The second-order valence-electron chi connectivity index (χ2n) is 8.04. The minimum absolute atomic E-state index is 0.0110. The third kappa shape index (κ3) is 14.8. The normalized spacial score (nSPS) is 13.6. The van der Waals surface area contributed by atoms with E-state index in [1.54, 1.807) is 0 Å². The number of aliphatic imine (C=N–C) groups is 1. The van der Waals surface area contributed by atoms with E-state index in [-0.39, 0.29) is 31.8 Å². The smallest absolute Gasteiger partial charge is 0.326 e. The summed E-state index contributed by atoms with van der Waals surface area (Å²) in [6.45, 7) is 0.0110. The van der Waals surface area contributed by atoms with Gasteiger partial charge in [0.25, 0.3) is 0 Å². The second-order valence-corrected chi connectivity index (χ2v) is 8.04. The second kappa shape index (κ2) is 17.1. The van der Waals surface area contributed by atoms with Crippen LogP contribution in [0.1, 0.15) is 44.9 Å². The van der Waals surface area contributed by atoms with Gasteiger partial charge in [0.2, 0.25) is 17.7 Å². The average Bonchev–Trinajstić information content (AvgIpc) is 2.80. The van der Waals surface area contributed by atoms with Crippen LogP contribution in [0.3, 0.4) is 0 Å². The van der Waals surface area contributed by atoms with Gasteiger partial charge in [-0.2, -0.15) is 0 Å². The quantitative estimate of drug-likeness (QED) is 0.0420. The van der Waals surface area contributed by atoms with E-state index in [0.29, 0.717) is 0 Å². The van der Waals surface area contributed by atoms with Crippen molar-refractivity contribution in [3.63, 3.8) is 0 Å². The van der Waals surface area contributed by atoms with E-state index >= 15 is 0 Å². The minimum atomic E-state index is -1.83. The number of nitrogens with one attached hydrogen (secondary N) is 3. The molecule has 0 aliphatic carbocycles. The monoisotopic (exact) mass is 547 g/mol. The van der Waals surface area contributed by atoms with Gasteiger partial charge in [-0.25, -0.2) is 4.79 Å². The van der Waals surface area contributed by atoms with E-state index in [9.17, 15) is 38.7 Å². The summed E-state index contributed by atoms with van der Waals surface area (Å²) < 4.78 is 0. The van der Waals surface area contributed by atoms with Crippen molar-refractivity contribution in [2.75, 3.05) is 6.54 Å². The summed E-state index contributed by atoms with van der Waals surface area (Å²) in [5, 5.41) is 42.3. The Labute approximate surface area is 216 Å². The molecule has 0 rings (SSSR count). The molecule has 13 N–H and O–H groups in total. The van der Waals surface area contributed by atoms with Gasteiger partial charge in [0.05, 0.1) is 12.5 Å². The highest BCUT2D eigenvalue weighted by Gasteiger charge is 2.31. The van der Waals surface area contributed by atoms with Gasteiger partial charge in [0.15, 0.2) is 5.96 Å². The number of rotatable bonds is 19. The van der Waals surface area contributed by atoms with E-state index in [1.165, 1.54) is 0 Å². The van der Waals surface area contributed by atoms with Crippen LogP contribution in [0.5, 0.6) is 0 Å². The van der Waals surface area contributed by atoms with Gasteiger partial charge in [-0.15, -0.1) is 0 Å². The first-order valence-corrected chi connectivity index (χ1v) is 11.2. The predicted molar refractivity (Wildman–Crippen MR) is 127 cm³/mol. The molecule has 38 heavy (non-hydrogen) atoms. The molecule has 0 heterocycles. The highest BCUT2D eigenvalue weighted by molar-refractivity contribution is 5.94. The highest BCUT2D eigenvalue weighted by atomic mass is 16.4. The Bertz CT molecular complexity index is 921. The molecule has 0 bridgehead atoms. The Morgan fingerprint density at radius 1 is 0.658 bits per heavy atom. The Hall–Kier alpha value is -4.48. The third-order valence-corrected chi connectivity index (χ3v) is 4.86. The van der Waals surface area contributed by atoms with Crippen molar-refractivity contribution >= 4 is 47.6 Å². The summed E-state index contributed by atoms with van der Waals surface area (Å²) in [4.78, 5) is 85.7. The van der Waals surface area contributed by atoms with Crippen LogP contribution in [0.15, 0.2) is 4.99 Å². The van der Waals surface area contributed by atoms with Crippen molar-refractivity contribution in [1.82, 2.24) is 16.0 Å². The number of carboxylic acid groups (broad SMARTS) is 4. The SMILES string of the molecule is NC(N)=NCCCC(NC(=O)C(CCC(=O)O)NC(=O)C(N)CCC(=O)O)C(=O)NC(CC(=O)O)C(=O)O. The van der Waals surface area contributed by atoms with Crippen molar-refractivity contribution in [3.8, 4) is 0 Å². The van der Waals surface area contributed by atoms with Crippen LogP contribution in [-0.4, -0.2) is 98.7 Å². The lowest BCUT2D eigenvalue weighted by Gasteiger charge is -2.25. The molecular weight excluding hydrogens is 514 g/mol. The fourth-order valence-corrected chi connectivity index (χ4v) is 2.92. The molecule has 0 saturated carbocycles. The van der Waals surface area contributed by atoms with E-state index in [0.717, 1.165) is 0 Å². The van der Waals surface area contributed by atoms with Crippen LogP contribution >= 0.6 is 0 Å². The number of hydrogen-bond donors (Lipinski definition) is 10. The van der Waals surface area contributed by atoms with Crippen molar-refractivity contribution in [1.29, 1.82) is 0 Å². The molecule has 18 heteroatoms. The van der Waals surface area contributed by atoms with E-state index < -0.39 is 91.4 Å². The summed E-state index contributed by atoms with van der Waals surface area (Å²) in [6, 6.07) is -6.14. The van der Waals surface area contributed by atoms with Gasteiger partial charge in [-0.05, 0) is 25.7 Å². The number of aliphatic carboxylic acids is 4. The van der Waals surface area contributed by atoms with Crippen molar-refractivity contribution in [2.45, 2.75) is 69.1 Å². The summed E-state index contributed by atoms with van der Waals surface area (Å²) in [5.41, 5.74) is 16.1. The molecule has 0 aromatic heterocycles. The van der Waals surface area contributed by atoms with Gasteiger partial charge in [-0.1, -0.05) is 0 Å². The van der Waals surface area contributed by atoms with Crippen molar-refractivity contribution in [2.24, 2.45) is 22.2 Å². The first-order chi connectivity index (χ1) is 17.6. The maximum absolute atomic E-state index is 12.9. The van der Waals surface area contributed by atoms with Crippen LogP contribution in [0, 0.1) is 0 Å². The topological polar surface area (TPSA) is 327 Å². The van der Waals surface area contributed by atoms with Crippen LogP contribution in [0.4, 0.5) is 0 Å². The number of nitrogens with zero attached hydrogens (tertiary/aromatic N) is 1. The number of carboxylic acids is 4. The molecule has 0 radical (unpaired) electrons. The van der Waals surface area contributed by atoms with Crippen molar-refractivity contribution in [3.05, 3.63) is 0 Å². The molecule has 18 nitrogen and oxygen atoms in total. The number of guanidine groups is 1. The molecule has 0 aromatic rings. The highest BCUT2D eigenvalue weighted by Crippen LogP contribution is 2.06. The first kappa shape index (κ1) is 33.5. The minimum Gasteiger partial charge on any atom is -0.481 e. The lowest BCUT2D eigenvalue weighted by Crippen LogP contribution is -2.57. The molecule has 0 saturated heterocycles. The summed E-state index contributed by atoms with van der Waals surface area (Å²) in [6.07, 6.45) is -2.75. The molecular formula is C20H33N7O11. The fourth-order valence-electron chi connectivity index (χ4n) is 2.92. The van der Waals surface area contributed by atoms with E-state index in [4.69, 9.17) is 32.5 Å². The molecule has 0 aliphatic rings. The maximum Gasteiger partial charge on any atom is 0.326 e. The molecule has 0 aliphatic heterocycles. The Morgan fingerprint density at radius 2 is 1.13 bits per heavy atom. The lowest BCUT2D eigenvalue weighted by molar-refractivity contribution is -0.147. The molecule has 4 unspecified atom stereocenters. The third-order valence-electron chi connectivity index (χ3n) is 4.86. The average molecular weight is 548 g/mol. The molecule has 0 aromatic carbocycles. The molecule has 0 spiro atoms. The maximum atomic E-state index is 12.9. The van der Waals surface area contributed by atoms with Gasteiger partial charge in [-0.3, -0.25) is 33.8 Å². The van der Waals surface area contributed by atoms with Crippen LogP contribution in [0.2, 0.25) is 0 Å². The number of amides is 3. The number of carbonyl (C=O) groups excluding carboxylic acids is 3. The fraction of sp³-hybridized carbons (Fsp3) is 0.600. The van der Waals surface area contributed by atoms with E-state index in [1.807, 2.05) is 5.32 Å². The van der Waals surface area contributed by atoms with Gasteiger partial charge in [0.1, 0.15) is 18.1 Å². The summed E-state index contributed by atoms with van der Waals surface area (Å²) in [5.74, 6) is -8.98. The number of carbonyl (C=O) groups is 7. The molecule has 214 valence electrons. The first-order valence-electron chi connectivity index (χ1n) is 11.2. The Kier molecular flexibility index (Phi) is 15.0. The Morgan fingerprint density at radius 3 is 1.61 bits per heavy atom. The van der Waals surface area contributed by atoms with Crippen LogP contribution < -0.4 is 33.2 Å². The van der Waals surface area contributed by atoms with Crippen LogP contribution in [-0.2, 0) is 33.6 Å². The zero-order valence-electron chi connectivity index (χ0n) is 20.3. The van der Waals surface area contributed by atoms with Gasteiger partial charge < -0.3 is 53.6 Å². The zero-order chi connectivity index (χ0) is 29.4. The van der Waals surface area contributed by atoms with Gasteiger partial charge in [0, 0.05) is 19.4 Å². The zero-order valence-corrected chi connectivity index (χ0v) is 20.3. The number of hydrogen-bond acceptors (Lipinski definition) is 9. The van der Waals surface area contributed by atoms with E-state index in [2.05, 4.69) is 15.6 Å². The van der Waals surface area contributed by atoms with Crippen molar-refractivity contribution < 1.29 is 54.0 Å². The predicted octanol–water partition coefficient (Wildman–Crippen LogP) is -3.89. The standard InChI is InChI=1S/C20H33N7O11/c21-9(3-5-13(28)29)16(34)25-11(4-6-14(30)31)18(36)26-10(2-1-7-24-20(22)23)17(35)27-12(19(37)38)8-15(32)33/h9-12H,1-8,21H2,(H,25,34)(H,26,36)(H,27,35)(H,28,29)(H,30,31)(H,32,33)(H,37,38)(H4,22,23,24). The molecule has 4 atom stereocenters. The van der Waals surface area contributed by atoms with Gasteiger partial charge >= 0.3 is 23.9 Å². The number of nitrogens with two attached hydrogens (primary N) is 3. The lowest BCUT2D eigenvalue weighted by atomic mass is 10.1. The molecule has 0 fully saturated rings.